The molecule has 0 radical (unpaired) electrons. The third-order valence-electron chi connectivity index (χ3n) is 6.30. The topological polar surface area (TPSA) is 87.8 Å². The number of hydrogen-bond acceptors (Lipinski definition) is 7. The van der Waals surface area contributed by atoms with E-state index in [0.29, 0.717) is 55.6 Å². The molecule has 0 bridgehead atoms. The van der Waals surface area contributed by atoms with Crippen LogP contribution in [0.5, 0.6) is 17.2 Å². The van der Waals surface area contributed by atoms with Crippen molar-refractivity contribution in [3.8, 4) is 17.2 Å². The SMILES string of the molecule is CCN(CC)CCCNC.COc1cc2nccc(Oc3ccc(NC(=S)NC4CC4)c(Cl)c3)c2cc1C=O. The van der Waals surface area contributed by atoms with Gasteiger partial charge in [0.15, 0.2) is 11.4 Å². The van der Waals surface area contributed by atoms with Crippen molar-refractivity contribution in [2.45, 2.75) is 39.2 Å². The third-order valence-corrected chi connectivity index (χ3v) is 6.84. The molecule has 2 aromatic carbocycles. The summed E-state index contributed by atoms with van der Waals surface area (Å²) in [6.07, 6.45) is 5.92. The average molecular weight is 572 g/mol. The van der Waals surface area contributed by atoms with Crippen LogP contribution in [0.1, 0.15) is 43.5 Å². The van der Waals surface area contributed by atoms with Crippen LogP contribution in [0.15, 0.2) is 42.6 Å². The zero-order chi connectivity index (χ0) is 28.2. The van der Waals surface area contributed by atoms with E-state index in [1.54, 1.807) is 36.5 Å². The normalized spacial score (nSPS) is 12.5. The highest BCUT2D eigenvalue weighted by Gasteiger charge is 2.22. The number of aromatic nitrogens is 1. The Labute approximate surface area is 241 Å². The number of benzene rings is 2. The van der Waals surface area contributed by atoms with Crippen molar-refractivity contribution in [3.63, 3.8) is 0 Å². The standard InChI is InChI=1S/C21H18ClN3O3S.C8H20N2/c1-27-20-10-18-15(8-12(20)11-26)19(6-7-23-18)28-14-4-5-17(16(22)9-14)25-21(29)24-13-2-3-13;1-4-10(5-2)8-6-7-9-3/h4-11,13H,2-3H2,1H3,(H2,24,25,29);9H,4-8H2,1-3H3. The van der Waals surface area contributed by atoms with Gasteiger partial charge in [0.25, 0.3) is 0 Å². The summed E-state index contributed by atoms with van der Waals surface area (Å²) in [4.78, 5) is 18.1. The Morgan fingerprint density at radius 2 is 1.95 bits per heavy atom. The molecule has 1 fully saturated rings. The fourth-order valence-corrected chi connectivity index (χ4v) is 4.40. The van der Waals surface area contributed by atoms with Crippen LogP contribution in [0.25, 0.3) is 10.9 Å². The summed E-state index contributed by atoms with van der Waals surface area (Å²) in [5.41, 5.74) is 1.78. The van der Waals surface area contributed by atoms with Gasteiger partial charge in [0.2, 0.25) is 0 Å². The molecule has 0 aliphatic heterocycles. The van der Waals surface area contributed by atoms with Crippen molar-refractivity contribution in [1.82, 2.24) is 20.5 Å². The van der Waals surface area contributed by atoms with Gasteiger partial charge in [-0.2, -0.15) is 0 Å². The summed E-state index contributed by atoms with van der Waals surface area (Å²) in [7, 11) is 3.51. The van der Waals surface area contributed by atoms with Crippen LogP contribution in [0.3, 0.4) is 0 Å². The lowest BCUT2D eigenvalue weighted by atomic mass is 10.1. The van der Waals surface area contributed by atoms with Gasteiger partial charge in [-0.05, 0) is 89.0 Å². The third kappa shape index (κ3) is 9.32. The number of halogens is 1. The number of rotatable bonds is 12. The molecule has 0 atom stereocenters. The molecule has 1 heterocycles. The zero-order valence-electron chi connectivity index (χ0n) is 23.1. The first-order valence-electron chi connectivity index (χ1n) is 13.3. The van der Waals surface area contributed by atoms with E-state index in [9.17, 15) is 4.79 Å². The van der Waals surface area contributed by atoms with Crippen molar-refractivity contribution < 1.29 is 14.3 Å². The highest BCUT2D eigenvalue weighted by molar-refractivity contribution is 7.80. The number of hydrogen-bond donors (Lipinski definition) is 3. The van der Waals surface area contributed by atoms with Crippen LogP contribution in [-0.4, -0.2) is 67.7 Å². The van der Waals surface area contributed by atoms with E-state index >= 15 is 0 Å². The van der Waals surface area contributed by atoms with Gasteiger partial charge in [-0.1, -0.05) is 25.4 Å². The largest absolute Gasteiger partial charge is 0.496 e. The lowest BCUT2D eigenvalue weighted by Crippen LogP contribution is -2.30. The Kier molecular flexibility index (Phi) is 12.2. The van der Waals surface area contributed by atoms with E-state index < -0.39 is 0 Å². The fourth-order valence-electron chi connectivity index (χ4n) is 3.90. The van der Waals surface area contributed by atoms with Crippen LogP contribution in [0.2, 0.25) is 5.02 Å². The molecule has 3 aromatic rings. The predicted molar refractivity (Wildman–Crippen MR) is 164 cm³/mol. The molecule has 8 nitrogen and oxygen atoms in total. The Morgan fingerprint density at radius 3 is 2.56 bits per heavy atom. The van der Waals surface area contributed by atoms with E-state index in [2.05, 4.69) is 39.7 Å². The highest BCUT2D eigenvalue weighted by atomic mass is 35.5. The average Bonchev–Trinajstić information content (AvgIpc) is 3.76. The Balaban J connectivity index is 0.000000360. The first kappa shape index (κ1) is 30.6. The van der Waals surface area contributed by atoms with E-state index in [1.165, 1.54) is 33.2 Å². The number of carbonyl (C=O) groups is 1. The zero-order valence-corrected chi connectivity index (χ0v) is 24.6. The van der Waals surface area contributed by atoms with Crippen LogP contribution in [-0.2, 0) is 0 Å². The van der Waals surface area contributed by atoms with Gasteiger partial charge in [0, 0.05) is 29.8 Å². The predicted octanol–water partition coefficient (Wildman–Crippen LogP) is 5.89. The molecule has 0 saturated heterocycles. The molecule has 10 heteroatoms. The minimum absolute atomic E-state index is 0.423. The molecule has 4 rings (SSSR count). The first-order valence-corrected chi connectivity index (χ1v) is 14.0. The fraction of sp³-hybridized carbons (Fsp3) is 0.414. The van der Waals surface area contributed by atoms with Gasteiger partial charge in [0.1, 0.15) is 17.2 Å². The quantitative estimate of drug-likeness (QED) is 0.140. The van der Waals surface area contributed by atoms with Gasteiger partial charge in [0.05, 0.1) is 28.9 Å². The second-order valence-electron chi connectivity index (χ2n) is 9.14. The number of ether oxygens (including phenoxy) is 2. The number of nitrogens with one attached hydrogen (secondary N) is 3. The molecule has 1 aliphatic rings. The van der Waals surface area contributed by atoms with Gasteiger partial charge in [-0.15, -0.1) is 0 Å². The lowest BCUT2D eigenvalue weighted by molar-refractivity contribution is 0.112. The van der Waals surface area contributed by atoms with Gasteiger partial charge >= 0.3 is 0 Å². The minimum atomic E-state index is 0.423. The summed E-state index contributed by atoms with van der Waals surface area (Å²) in [6, 6.07) is 10.9. The van der Waals surface area contributed by atoms with E-state index in [1.807, 2.05) is 13.1 Å². The van der Waals surface area contributed by atoms with E-state index in [0.717, 1.165) is 25.7 Å². The van der Waals surface area contributed by atoms with Crippen molar-refractivity contribution in [3.05, 3.63) is 53.2 Å². The molecule has 210 valence electrons. The van der Waals surface area contributed by atoms with Crippen LogP contribution >= 0.6 is 23.8 Å². The molecule has 0 amide bonds. The van der Waals surface area contributed by atoms with Crippen molar-refractivity contribution in [2.24, 2.45) is 0 Å². The molecule has 0 spiro atoms. The minimum Gasteiger partial charge on any atom is -0.496 e. The Hall–Kier alpha value is -2.98. The van der Waals surface area contributed by atoms with E-state index in [-0.39, 0.29) is 0 Å². The highest BCUT2D eigenvalue weighted by Crippen LogP contribution is 2.35. The number of nitrogens with zero attached hydrogens (tertiary/aromatic N) is 2. The lowest BCUT2D eigenvalue weighted by Gasteiger charge is -2.17. The number of methoxy groups -OCH3 is 1. The van der Waals surface area contributed by atoms with Crippen molar-refractivity contribution in [1.29, 1.82) is 0 Å². The number of aldehydes is 1. The van der Waals surface area contributed by atoms with Crippen molar-refractivity contribution in [2.75, 3.05) is 45.7 Å². The van der Waals surface area contributed by atoms with Crippen LogP contribution < -0.4 is 25.4 Å². The molecule has 1 saturated carbocycles. The Bertz CT molecular complexity index is 1250. The molecule has 1 aromatic heterocycles. The number of anilines is 1. The van der Waals surface area contributed by atoms with Gasteiger partial charge in [-0.3, -0.25) is 9.78 Å². The smallest absolute Gasteiger partial charge is 0.171 e. The molecule has 1 aliphatic carbocycles. The maximum atomic E-state index is 11.4. The molecule has 3 N–H and O–H groups in total. The van der Waals surface area contributed by atoms with E-state index in [4.69, 9.17) is 33.3 Å². The number of carbonyl (C=O) groups excluding carboxylic acids is 1. The Morgan fingerprint density at radius 1 is 1.18 bits per heavy atom. The first-order chi connectivity index (χ1) is 18.9. The molecule has 39 heavy (non-hydrogen) atoms. The summed E-state index contributed by atoms with van der Waals surface area (Å²) in [5, 5.41) is 11.2. The summed E-state index contributed by atoms with van der Waals surface area (Å²) < 4.78 is 11.3. The number of fused-ring (bicyclic) bond motifs is 1. The maximum Gasteiger partial charge on any atom is 0.171 e. The van der Waals surface area contributed by atoms with Gasteiger partial charge in [-0.25, -0.2) is 0 Å². The summed E-state index contributed by atoms with van der Waals surface area (Å²) >= 11 is 11.7. The monoisotopic (exact) mass is 571 g/mol. The van der Waals surface area contributed by atoms with Crippen LogP contribution in [0.4, 0.5) is 5.69 Å². The van der Waals surface area contributed by atoms with Gasteiger partial charge < -0.3 is 30.3 Å². The second-order valence-corrected chi connectivity index (χ2v) is 9.95. The maximum absolute atomic E-state index is 11.4. The number of pyridine rings is 1. The number of thiocarbonyl (C=S) groups is 1. The van der Waals surface area contributed by atoms with Crippen molar-refractivity contribution >= 4 is 51.8 Å². The molecular formula is C29H38ClN5O3S. The molecule has 0 unspecified atom stereocenters. The summed E-state index contributed by atoms with van der Waals surface area (Å²) in [5.74, 6) is 1.58. The summed E-state index contributed by atoms with van der Waals surface area (Å²) in [6.45, 7) is 9.15. The van der Waals surface area contributed by atoms with Crippen LogP contribution in [0, 0.1) is 0 Å². The second kappa shape index (κ2) is 15.6. The molecular weight excluding hydrogens is 534 g/mol.